The molecule has 2 nitrogen and oxygen atoms in total. The molecule has 1 heterocycles. The second-order valence-corrected chi connectivity index (χ2v) is 9.57. The van der Waals surface area contributed by atoms with Crippen LogP contribution in [0.3, 0.4) is 0 Å². The third-order valence-electron chi connectivity index (χ3n) is 5.73. The summed E-state index contributed by atoms with van der Waals surface area (Å²) in [6.45, 7) is 11.2. The average molecular weight is 381 g/mol. The van der Waals surface area contributed by atoms with Crippen molar-refractivity contribution < 1.29 is 9.90 Å². The van der Waals surface area contributed by atoms with Gasteiger partial charge in [0.2, 0.25) is 0 Å². The molecule has 27 heavy (non-hydrogen) atoms. The summed E-state index contributed by atoms with van der Waals surface area (Å²) in [5.41, 5.74) is 7.64. The van der Waals surface area contributed by atoms with Crippen molar-refractivity contribution in [2.45, 2.75) is 58.3 Å². The van der Waals surface area contributed by atoms with Crippen molar-refractivity contribution in [3.8, 4) is 11.1 Å². The SMILES string of the molecule is CC(C=Cc1cscc1-c1ccc2c(c1)C(C)(C)CCC2(C)C)=CC(=O)O. The lowest BCUT2D eigenvalue weighted by atomic mass is 9.63. The zero-order chi connectivity index (χ0) is 19.8. The molecular formula is C24H28O2S. The van der Waals surface area contributed by atoms with Gasteiger partial charge in [-0.25, -0.2) is 4.79 Å². The number of carbonyl (C=O) groups is 1. The molecule has 0 radical (unpaired) electrons. The summed E-state index contributed by atoms with van der Waals surface area (Å²) in [7, 11) is 0. The Bertz CT molecular complexity index is 926. The summed E-state index contributed by atoms with van der Waals surface area (Å²) in [6.07, 6.45) is 7.52. The van der Waals surface area contributed by atoms with Crippen LogP contribution in [-0.2, 0) is 15.6 Å². The summed E-state index contributed by atoms with van der Waals surface area (Å²) in [4.78, 5) is 10.8. The smallest absolute Gasteiger partial charge is 0.328 e. The Morgan fingerprint density at radius 3 is 2.41 bits per heavy atom. The highest BCUT2D eigenvalue weighted by Crippen LogP contribution is 2.47. The van der Waals surface area contributed by atoms with E-state index < -0.39 is 5.97 Å². The Labute approximate surface area is 166 Å². The minimum absolute atomic E-state index is 0.188. The molecule has 0 fully saturated rings. The Kier molecular flexibility index (Phi) is 5.18. The molecule has 1 aliphatic carbocycles. The molecule has 0 saturated carbocycles. The monoisotopic (exact) mass is 380 g/mol. The van der Waals surface area contributed by atoms with Gasteiger partial charge in [-0.3, -0.25) is 0 Å². The molecule has 0 atom stereocenters. The van der Waals surface area contributed by atoms with Crippen LogP contribution in [0.1, 0.15) is 64.2 Å². The van der Waals surface area contributed by atoms with Gasteiger partial charge in [0.1, 0.15) is 0 Å². The molecule has 142 valence electrons. The van der Waals surface area contributed by atoms with Crippen molar-refractivity contribution in [2.75, 3.05) is 0 Å². The zero-order valence-corrected chi connectivity index (χ0v) is 17.6. The highest BCUT2D eigenvalue weighted by atomic mass is 32.1. The van der Waals surface area contributed by atoms with Gasteiger partial charge in [0, 0.05) is 6.08 Å². The van der Waals surface area contributed by atoms with Gasteiger partial charge >= 0.3 is 5.97 Å². The van der Waals surface area contributed by atoms with Crippen LogP contribution in [0.15, 0.2) is 46.7 Å². The molecule has 1 aromatic heterocycles. The molecule has 0 aliphatic heterocycles. The van der Waals surface area contributed by atoms with Gasteiger partial charge in [-0.2, -0.15) is 11.3 Å². The highest BCUT2D eigenvalue weighted by Gasteiger charge is 2.37. The molecule has 2 aromatic rings. The van der Waals surface area contributed by atoms with E-state index in [9.17, 15) is 4.79 Å². The maximum Gasteiger partial charge on any atom is 0.328 e. The van der Waals surface area contributed by atoms with E-state index in [0.717, 1.165) is 11.1 Å². The van der Waals surface area contributed by atoms with Crippen molar-refractivity contribution in [3.63, 3.8) is 0 Å². The molecule has 0 amide bonds. The summed E-state index contributed by atoms with van der Waals surface area (Å²) < 4.78 is 0. The molecule has 0 bridgehead atoms. The van der Waals surface area contributed by atoms with Crippen LogP contribution in [0.2, 0.25) is 0 Å². The second kappa shape index (κ2) is 7.12. The topological polar surface area (TPSA) is 37.3 Å². The number of thiophene rings is 1. The van der Waals surface area contributed by atoms with Gasteiger partial charge in [-0.1, -0.05) is 58.0 Å². The summed E-state index contributed by atoms with van der Waals surface area (Å²) >= 11 is 1.68. The Balaban J connectivity index is 2.02. The van der Waals surface area contributed by atoms with Crippen molar-refractivity contribution in [1.29, 1.82) is 0 Å². The first-order chi connectivity index (χ1) is 12.6. The first kappa shape index (κ1) is 19.6. The van der Waals surface area contributed by atoms with Crippen LogP contribution in [-0.4, -0.2) is 11.1 Å². The summed E-state index contributed by atoms with van der Waals surface area (Å²) in [5.74, 6) is -0.915. The maximum absolute atomic E-state index is 10.8. The minimum Gasteiger partial charge on any atom is -0.478 e. The average Bonchev–Trinajstić information content (AvgIpc) is 3.05. The van der Waals surface area contributed by atoms with E-state index in [1.807, 2.05) is 12.2 Å². The fourth-order valence-electron chi connectivity index (χ4n) is 3.89. The number of hydrogen-bond acceptors (Lipinski definition) is 2. The molecule has 1 N–H and O–H groups in total. The van der Waals surface area contributed by atoms with E-state index in [-0.39, 0.29) is 10.8 Å². The summed E-state index contributed by atoms with van der Waals surface area (Å²) in [6, 6.07) is 6.92. The number of aliphatic carboxylic acids is 1. The number of allylic oxidation sites excluding steroid dienone is 2. The van der Waals surface area contributed by atoms with Gasteiger partial charge in [-0.15, -0.1) is 0 Å². The van der Waals surface area contributed by atoms with E-state index in [1.165, 1.54) is 41.2 Å². The quantitative estimate of drug-likeness (QED) is 0.467. The summed E-state index contributed by atoms with van der Waals surface area (Å²) in [5, 5.41) is 13.2. The van der Waals surface area contributed by atoms with Crippen LogP contribution in [0.25, 0.3) is 17.2 Å². The van der Waals surface area contributed by atoms with Gasteiger partial charge in [-0.05, 0) is 74.7 Å². The van der Waals surface area contributed by atoms with Gasteiger partial charge in [0.15, 0.2) is 0 Å². The highest BCUT2D eigenvalue weighted by molar-refractivity contribution is 7.08. The van der Waals surface area contributed by atoms with Crippen LogP contribution in [0, 0.1) is 0 Å². The predicted molar refractivity (Wildman–Crippen MR) is 115 cm³/mol. The normalized spacial score (nSPS) is 18.5. The number of fused-ring (bicyclic) bond motifs is 1. The lowest BCUT2D eigenvalue weighted by molar-refractivity contribution is -0.131. The largest absolute Gasteiger partial charge is 0.478 e. The molecular weight excluding hydrogens is 352 g/mol. The number of carboxylic acid groups (broad SMARTS) is 1. The van der Waals surface area contributed by atoms with E-state index in [2.05, 4.69) is 56.7 Å². The Hall–Kier alpha value is -2.13. The van der Waals surface area contributed by atoms with E-state index in [1.54, 1.807) is 18.3 Å². The molecule has 3 rings (SSSR count). The second-order valence-electron chi connectivity index (χ2n) is 8.83. The van der Waals surface area contributed by atoms with Crippen molar-refractivity contribution in [2.24, 2.45) is 0 Å². The predicted octanol–water partition coefficient (Wildman–Crippen LogP) is 6.81. The van der Waals surface area contributed by atoms with Crippen LogP contribution >= 0.6 is 11.3 Å². The maximum atomic E-state index is 10.8. The van der Waals surface area contributed by atoms with E-state index in [4.69, 9.17) is 5.11 Å². The fourth-order valence-corrected chi connectivity index (χ4v) is 4.72. The first-order valence-corrected chi connectivity index (χ1v) is 10.4. The van der Waals surface area contributed by atoms with Gasteiger partial charge in [0.25, 0.3) is 0 Å². The molecule has 1 aromatic carbocycles. The van der Waals surface area contributed by atoms with Crippen LogP contribution in [0.4, 0.5) is 0 Å². The standard InChI is InChI=1S/C24H28O2S/c1-16(12-22(25)26)6-7-18-14-27-15-19(18)17-8-9-20-21(13-17)24(4,5)11-10-23(20,2)3/h6-9,12-15H,10-11H2,1-5H3,(H,25,26). The number of hydrogen-bond donors (Lipinski definition) is 1. The van der Waals surface area contributed by atoms with Crippen LogP contribution < -0.4 is 0 Å². The van der Waals surface area contributed by atoms with E-state index >= 15 is 0 Å². The Morgan fingerprint density at radius 2 is 1.74 bits per heavy atom. The van der Waals surface area contributed by atoms with E-state index in [0.29, 0.717) is 0 Å². The van der Waals surface area contributed by atoms with Crippen molar-refractivity contribution in [1.82, 2.24) is 0 Å². The molecule has 0 unspecified atom stereocenters. The fraction of sp³-hybridized carbons (Fsp3) is 0.375. The van der Waals surface area contributed by atoms with Gasteiger partial charge in [0.05, 0.1) is 0 Å². The number of carboxylic acids is 1. The molecule has 0 spiro atoms. The van der Waals surface area contributed by atoms with Crippen LogP contribution in [0.5, 0.6) is 0 Å². The lowest BCUT2D eigenvalue weighted by Crippen LogP contribution is -2.33. The molecule has 1 aliphatic rings. The molecule has 0 saturated heterocycles. The third-order valence-corrected chi connectivity index (χ3v) is 6.49. The van der Waals surface area contributed by atoms with Gasteiger partial charge < -0.3 is 5.11 Å². The van der Waals surface area contributed by atoms with Crippen molar-refractivity contribution in [3.05, 3.63) is 63.4 Å². The minimum atomic E-state index is -0.915. The van der Waals surface area contributed by atoms with Crippen molar-refractivity contribution >= 4 is 23.4 Å². The number of rotatable bonds is 4. The number of benzene rings is 1. The molecule has 3 heteroatoms. The lowest BCUT2D eigenvalue weighted by Gasteiger charge is -2.42. The third kappa shape index (κ3) is 4.08. The first-order valence-electron chi connectivity index (χ1n) is 9.41. The Morgan fingerprint density at radius 1 is 1.07 bits per heavy atom. The zero-order valence-electron chi connectivity index (χ0n) is 16.8.